The monoisotopic (exact) mass is 219 g/mol. The van der Waals surface area contributed by atoms with E-state index in [0.717, 1.165) is 12.8 Å². The molecule has 0 spiro atoms. The molecule has 0 aliphatic carbocycles. The van der Waals surface area contributed by atoms with Crippen LogP contribution in [0.2, 0.25) is 0 Å². The molecule has 0 atom stereocenters. The lowest BCUT2D eigenvalue weighted by molar-refractivity contribution is 0.0651. The molecule has 2 rings (SSSR count). The van der Waals surface area contributed by atoms with Gasteiger partial charge in [0.1, 0.15) is 11.3 Å². The van der Waals surface area contributed by atoms with Gasteiger partial charge in [-0.2, -0.15) is 0 Å². The Morgan fingerprint density at radius 2 is 2.25 bits per heavy atom. The summed E-state index contributed by atoms with van der Waals surface area (Å²) in [6.45, 7) is 2.69. The van der Waals surface area contributed by atoms with E-state index in [2.05, 4.69) is 12.2 Å². The van der Waals surface area contributed by atoms with Gasteiger partial charge in [0.05, 0.1) is 5.56 Å². The molecule has 0 aromatic heterocycles. The Kier molecular flexibility index (Phi) is 2.90. The van der Waals surface area contributed by atoms with Crippen molar-refractivity contribution in [1.82, 2.24) is 5.32 Å². The molecule has 4 heteroatoms. The van der Waals surface area contributed by atoms with Crippen molar-refractivity contribution in [2.24, 2.45) is 0 Å². The highest BCUT2D eigenvalue weighted by Crippen LogP contribution is 2.31. The summed E-state index contributed by atoms with van der Waals surface area (Å²) in [6.07, 6.45) is 1.96. The van der Waals surface area contributed by atoms with Gasteiger partial charge in [-0.1, -0.05) is 19.4 Å². The van der Waals surface area contributed by atoms with E-state index in [1.165, 1.54) is 0 Å². The van der Waals surface area contributed by atoms with Crippen LogP contribution in [-0.2, 0) is 0 Å². The van der Waals surface area contributed by atoms with Gasteiger partial charge in [-0.05, 0) is 18.6 Å². The zero-order chi connectivity index (χ0) is 11.5. The lowest BCUT2D eigenvalue weighted by atomic mass is 10.0. The maximum absolute atomic E-state index is 11.8. The fourth-order valence-electron chi connectivity index (χ4n) is 1.59. The molecule has 1 amide bonds. The molecular formula is C12H13NO3. The molecule has 0 fully saturated rings. The highest BCUT2D eigenvalue weighted by molar-refractivity contribution is 6.11. The predicted molar refractivity (Wildman–Crippen MR) is 58.6 cm³/mol. The SMILES string of the molecule is CCCCNC(=O)c1cccc2c1C(=O)O2. The first-order valence-electron chi connectivity index (χ1n) is 5.37. The Morgan fingerprint density at radius 1 is 1.44 bits per heavy atom. The summed E-state index contributed by atoms with van der Waals surface area (Å²) in [5, 5.41) is 2.78. The molecule has 1 heterocycles. The zero-order valence-corrected chi connectivity index (χ0v) is 9.08. The van der Waals surface area contributed by atoms with Gasteiger partial charge < -0.3 is 10.1 Å². The summed E-state index contributed by atoms with van der Waals surface area (Å²) in [7, 11) is 0. The number of ether oxygens (including phenoxy) is 1. The molecule has 0 saturated heterocycles. The number of nitrogens with one attached hydrogen (secondary N) is 1. The Labute approximate surface area is 93.6 Å². The normalized spacial score (nSPS) is 12.4. The van der Waals surface area contributed by atoms with Gasteiger partial charge in [0.25, 0.3) is 5.91 Å². The maximum atomic E-state index is 11.8. The van der Waals surface area contributed by atoms with E-state index in [9.17, 15) is 9.59 Å². The van der Waals surface area contributed by atoms with Gasteiger partial charge in [-0.15, -0.1) is 0 Å². The average Bonchev–Trinajstić information content (AvgIpc) is 2.27. The number of carbonyl (C=O) groups is 2. The van der Waals surface area contributed by atoms with E-state index in [-0.39, 0.29) is 5.91 Å². The van der Waals surface area contributed by atoms with E-state index in [4.69, 9.17) is 4.74 Å². The van der Waals surface area contributed by atoms with Crippen LogP contribution in [0.25, 0.3) is 0 Å². The fourth-order valence-corrected chi connectivity index (χ4v) is 1.59. The lowest BCUT2D eigenvalue weighted by Crippen LogP contribution is -2.30. The number of carbonyl (C=O) groups excluding carboxylic acids is 2. The second kappa shape index (κ2) is 4.35. The van der Waals surface area contributed by atoms with E-state index in [1.54, 1.807) is 18.2 Å². The maximum Gasteiger partial charge on any atom is 0.348 e. The number of benzene rings is 1. The van der Waals surface area contributed by atoms with Crippen LogP contribution >= 0.6 is 0 Å². The summed E-state index contributed by atoms with van der Waals surface area (Å²) >= 11 is 0. The van der Waals surface area contributed by atoms with Crippen LogP contribution < -0.4 is 10.1 Å². The number of amides is 1. The Morgan fingerprint density at radius 3 is 2.94 bits per heavy atom. The molecule has 1 aromatic carbocycles. The smallest absolute Gasteiger partial charge is 0.348 e. The summed E-state index contributed by atoms with van der Waals surface area (Å²) < 4.78 is 4.78. The standard InChI is InChI=1S/C12H13NO3/c1-2-3-7-13-11(14)8-5-4-6-9-10(8)12(15)16-9/h4-6H,2-3,7H2,1H3,(H,13,14). The van der Waals surface area contributed by atoms with Crippen molar-refractivity contribution >= 4 is 11.9 Å². The number of unbranched alkanes of at least 4 members (excludes halogenated alkanes) is 1. The molecule has 16 heavy (non-hydrogen) atoms. The molecule has 1 aliphatic rings. The minimum Gasteiger partial charge on any atom is -0.422 e. The molecule has 0 unspecified atom stereocenters. The third-order valence-corrected chi connectivity index (χ3v) is 2.49. The van der Waals surface area contributed by atoms with Gasteiger partial charge in [-0.3, -0.25) is 4.79 Å². The highest BCUT2D eigenvalue weighted by Gasteiger charge is 2.31. The lowest BCUT2D eigenvalue weighted by Gasteiger charge is -2.20. The van der Waals surface area contributed by atoms with Crippen molar-refractivity contribution in [3.05, 3.63) is 29.3 Å². The van der Waals surface area contributed by atoms with Crippen molar-refractivity contribution in [2.75, 3.05) is 6.54 Å². The van der Waals surface area contributed by atoms with Gasteiger partial charge in [-0.25, -0.2) is 4.79 Å². The van der Waals surface area contributed by atoms with Gasteiger partial charge in [0.2, 0.25) is 0 Å². The summed E-state index contributed by atoms with van der Waals surface area (Å²) in [6, 6.07) is 5.03. The molecule has 0 radical (unpaired) electrons. The Bertz CT molecular complexity index is 440. The first kappa shape index (κ1) is 10.7. The van der Waals surface area contributed by atoms with E-state index in [1.807, 2.05) is 0 Å². The van der Waals surface area contributed by atoms with E-state index >= 15 is 0 Å². The second-order valence-electron chi connectivity index (χ2n) is 3.68. The Hall–Kier alpha value is -1.84. The van der Waals surface area contributed by atoms with Gasteiger partial charge in [0.15, 0.2) is 0 Å². The molecule has 0 saturated carbocycles. The third kappa shape index (κ3) is 1.78. The first-order valence-corrected chi connectivity index (χ1v) is 5.37. The van der Waals surface area contributed by atoms with Crippen LogP contribution in [0.5, 0.6) is 5.75 Å². The average molecular weight is 219 g/mol. The van der Waals surface area contributed by atoms with Crippen molar-refractivity contribution in [3.63, 3.8) is 0 Å². The summed E-state index contributed by atoms with van der Waals surface area (Å²) in [5.74, 6) is -0.133. The summed E-state index contributed by atoms with van der Waals surface area (Å²) in [4.78, 5) is 22.9. The fraction of sp³-hybridized carbons (Fsp3) is 0.333. The molecule has 84 valence electrons. The third-order valence-electron chi connectivity index (χ3n) is 2.49. The highest BCUT2D eigenvalue weighted by atomic mass is 16.6. The predicted octanol–water partition coefficient (Wildman–Crippen LogP) is 1.75. The molecule has 1 N–H and O–H groups in total. The first-order chi connectivity index (χ1) is 7.74. The van der Waals surface area contributed by atoms with Crippen LogP contribution in [0.15, 0.2) is 18.2 Å². The van der Waals surface area contributed by atoms with Gasteiger partial charge >= 0.3 is 5.97 Å². The zero-order valence-electron chi connectivity index (χ0n) is 9.08. The van der Waals surface area contributed by atoms with Crippen molar-refractivity contribution in [1.29, 1.82) is 0 Å². The molecule has 1 aromatic rings. The molecule has 4 nitrogen and oxygen atoms in total. The quantitative estimate of drug-likeness (QED) is 0.620. The van der Waals surface area contributed by atoms with E-state index in [0.29, 0.717) is 23.4 Å². The van der Waals surface area contributed by atoms with Crippen molar-refractivity contribution in [3.8, 4) is 5.75 Å². The van der Waals surface area contributed by atoms with Crippen LogP contribution in [0, 0.1) is 0 Å². The molecule has 0 bridgehead atoms. The van der Waals surface area contributed by atoms with Crippen molar-refractivity contribution < 1.29 is 14.3 Å². The number of fused-ring (bicyclic) bond motifs is 1. The van der Waals surface area contributed by atoms with Crippen LogP contribution in [0.1, 0.15) is 40.5 Å². The van der Waals surface area contributed by atoms with Crippen LogP contribution in [-0.4, -0.2) is 18.4 Å². The van der Waals surface area contributed by atoms with Crippen LogP contribution in [0.4, 0.5) is 0 Å². The number of hydrogen-bond donors (Lipinski definition) is 1. The second-order valence-corrected chi connectivity index (χ2v) is 3.68. The molecule has 1 aliphatic heterocycles. The Balaban J connectivity index is 2.12. The number of esters is 1. The number of hydrogen-bond acceptors (Lipinski definition) is 3. The number of rotatable bonds is 4. The summed E-state index contributed by atoms with van der Waals surface area (Å²) in [5.41, 5.74) is 0.807. The topological polar surface area (TPSA) is 55.4 Å². The van der Waals surface area contributed by atoms with Gasteiger partial charge in [0, 0.05) is 6.54 Å². The minimum absolute atomic E-state index is 0.207. The van der Waals surface area contributed by atoms with Crippen LogP contribution in [0.3, 0.4) is 0 Å². The van der Waals surface area contributed by atoms with Crippen molar-refractivity contribution in [2.45, 2.75) is 19.8 Å². The largest absolute Gasteiger partial charge is 0.422 e. The molecular weight excluding hydrogens is 206 g/mol. The van der Waals surface area contributed by atoms with E-state index < -0.39 is 5.97 Å². The minimum atomic E-state index is -0.420.